The van der Waals surface area contributed by atoms with Crippen molar-refractivity contribution >= 4 is 28.6 Å². The smallest absolute Gasteiger partial charge is 0.339 e. The molecule has 3 N–H and O–H groups in total. The van der Waals surface area contributed by atoms with Gasteiger partial charge in [0.2, 0.25) is 10.0 Å². The van der Waals surface area contributed by atoms with Gasteiger partial charge in [-0.05, 0) is 18.2 Å². The molecular weight excluding hydrogens is 266 g/mol. The minimum Gasteiger partial charge on any atom is -0.507 e. The number of rotatable bonds is 5. The third-order valence-corrected chi connectivity index (χ3v) is 3.59. The highest BCUT2D eigenvalue weighted by Gasteiger charge is 2.18. The van der Waals surface area contributed by atoms with Crippen LogP contribution in [0.3, 0.4) is 0 Å². The van der Waals surface area contributed by atoms with E-state index in [0.29, 0.717) is 5.75 Å². The Kier molecular flexibility index (Phi) is 4.38. The molecule has 8 heteroatoms. The highest BCUT2D eigenvalue weighted by molar-refractivity contribution is 7.89. The number of carbonyl (C=O) groups is 1. The van der Waals surface area contributed by atoms with Crippen LogP contribution in [0.15, 0.2) is 23.1 Å². The highest BCUT2D eigenvalue weighted by atomic mass is 32.2. The molecule has 0 unspecified atom stereocenters. The third-order valence-electron chi connectivity index (χ3n) is 1.91. The van der Waals surface area contributed by atoms with Crippen molar-refractivity contribution in [3.8, 4) is 5.75 Å². The molecule has 0 heterocycles. The number of aromatic hydroxyl groups is 1. The Morgan fingerprint density at radius 2 is 2.06 bits per heavy atom. The lowest BCUT2D eigenvalue weighted by atomic mass is 10.2. The summed E-state index contributed by atoms with van der Waals surface area (Å²) in [6.07, 6.45) is 0. The molecule has 0 aromatic heterocycles. The second-order valence-corrected chi connectivity index (χ2v) is 5.32. The van der Waals surface area contributed by atoms with Crippen LogP contribution in [0.2, 0.25) is 0 Å². The number of phenols is 1. The van der Waals surface area contributed by atoms with Crippen LogP contribution in [0.1, 0.15) is 10.4 Å². The summed E-state index contributed by atoms with van der Waals surface area (Å²) in [5.74, 6) is -1.55. The summed E-state index contributed by atoms with van der Waals surface area (Å²) in [7, 11) is -3.77. The molecule has 1 rings (SSSR count). The minimum atomic E-state index is -3.77. The van der Waals surface area contributed by atoms with Crippen LogP contribution in [0, 0.1) is 0 Å². The number of nitrogens with one attached hydrogen (secondary N) is 1. The Morgan fingerprint density at radius 1 is 1.41 bits per heavy atom. The van der Waals surface area contributed by atoms with E-state index in [-0.39, 0.29) is 11.4 Å². The van der Waals surface area contributed by atoms with Crippen molar-refractivity contribution in [3.05, 3.63) is 23.8 Å². The summed E-state index contributed by atoms with van der Waals surface area (Å²) in [6.45, 7) is 0.134. The van der Waals surface area contributed by atoms with E-state index in [2.05, 4.69) is 17.4 Å². The second kappa shape index (κ2) is 5.39. The zero-order valence-corrected chi connectivity index (χ0v) is 10.3. The van der Waals surface area contributed by atoms with Gasteiger partial charge in [0.15, 0.2) is 0 Å². The van der Waals surface area contributed by atoms with E-state index >= 15 is 0 Å². The molecule has 0 bridgehead atoms. The Morgan fingerprint density at radius 3 is 2.59 bits per heavy atom. The van der Waals surface area contributed by atoms with E-state index in [4.69, 9.17) is 5.11 Å². The summed E-state index contributed by atoms with van der Waals surface area (Å²) in [5.41, 5.74) is -0.459. The van der Waals surface area contributed by atoms with E-state index < -0.39 is 27.3 Å². The average molecular weight is 277 g/mol. The van der Waals surface area contributed by atoms with E-state index in [1.54, 1.807) is 0 Å². The van der Waals surface area contributed by atoms with Crippen LogP contribution in [0.5, 0.6) is 5.75 Å². The molecule has 0 fully saturated rings. The zero-order valence-electron chi connectivity index (χ0n) is 8.62. The molecule has 94 valence electrons. The molecule has 0 aliphatic carbocycles. The number of benzene rings is 1. The first-order valence-corrected chi connectivity index (χ1v) is 6.67. The largest absolute Gasteiger partial charge is 0.507 e. The molecule has 17 heavy (non-hydrogen) atoms. The number of hydrogen-bond donors (Lipinski definition) is 4. The quantitative estimate of drug-likeness (QED) is 0.579. The van der Waals surface area contributed by atoms with Crippen LogP contribution < -0.4 is 4.72 Å². The molecule has 0 atom stereocenters. The maximum absolute atomic E-state index is 11.7. The Bertz CT molecular complexity index is 526. The van der Waals surface area contributed by atoms with Gasteiger partial charge in [-0.15, -0.1) is 0 Å². The molecule has 0 spiro atoms. The summed E-state index contributed by atoms with van der Waals surface area (Å²) < 4.78 is 25.5. The van der Waals surface area contributed by atoms with E-state index in [1.165, 1.54) is 0 Å². The first kappa shape index (κ1) is 13.8. The molecule has 0 amide bonds. The van der Waals surface area contributed by atoms with Gasteiger partial charge in [0.1, 0.15) is 11.3 Å². The molecular formula is C9H11NO5S2. The van der Waals surface area contributed by atoms with Gasteiger partial charge in [0, 0.05) is 12.3 Å². The first-order chi connectivity index (χ1) is 7.88. The molecule has 1 aromatic carbocycles. The standard InChI is InChI=1S/C9H11NO5S2/c11-8-2-1-6(5-7(8)9(12)13)17(14,15)10-3-4-16/h1-2,5,10-11,16H,3-4H2,(H,12,13). The molecule has 0 aliphatic heterocycles. The fourth-order valence-corrected chi connectivity index (χ4v) is 2.44. The molecule has 0 saturated carbocycles. The lowest BCUT2D eigenvalue weighted by Gasteiger charge is -2.07. The number of aromatic carboxylic acids is 1. The van der Waals surface area contributed by atoms with Gasteiger partial charge in [-0.1, -0.05) is 0 Å². The maximum atomic E-state index is 11.7. The van der Waals surface area contributed by atoms with Crippen LogP contribution in [-0.2, 0) is 10.0 Å². The van der Waals surface area contributed by atoms with E-state index in [1.807, 2.05) is 0 Å². The fourth-order valence-electron chi connectivity index (χ4n) is 1.12. The number of carboxylic acids is 1. The monoisotopic (exact) mass is 277 g/mol. The molecule has 1 aromatic rings. The van der Waals surface area contributed by atoms with Gasteiger partial charge >= 0.3 is 5.97 Å². The van der Waals surface area contributed by atoms with Gasteiger partial charge in [-0.2, -0.15) is 12.6 Å². The van der Waals surface area contributed by atoms with Crippen LogP contribution >= 0.6 is 12.6 Å². The number of thiol groups is 1. The van der Waals surface area contributed by atoms with Gasteiger partial charge in [-0.25, -0.2) is 17.9 Å². The van der Waals surface area contributed by atoms with Gasteiger partial charge < -0.3 is 10.2 Å². The minimum absolute atomic E-state index is 0.134. The Balaban J connectivity index is 3.16. The van der Waals surface area contributed by atoms with Crippen molar-refractivity contribution in [2.75, 3.05) is 12.3 Å². The number of hydrogen-bond acceptors (Lipinski definition) is 5. The van der Waals surface area contributed by atoms with Crippen molar-refractivity contribution in [1.82, 2.24) is 4.72 Å². The van der Waals surface area contributed by atoms with Crippen LogP contribution in [-0.4, -0.2) is 36.9 Å². The topological polar surface area (TPSA) is 104 Å². The summed E-state index contributed by atoms with van der Waals surface area (Å²) in [6, 6.07) is 3.06. The first-order valence-electron chi connectivity index (χ1n) is 4.55. The highest BCUT2D eigenvalue weighted by Crippen LogP contribution is 2.21. The molecule has 0 radical (unpaired) electrons. The zero-order chi connectivity index (χ0) is 13.1. The van der Waals surface area contributed by atoms with Crippen molar-refractivity contribution in [2.45, 2.75) is 4.90 Å². The predicted molar refractivity (Wildman–Crippen MR) is 64.1 cm³/mol. The van der Waals surface area contributed by atoms with Gasteiger partial charge in [0.05, 0.1) is 4.90 Å². The van der Waals surface area contributed by atoms with Crippen molar-refractivity contribution < 1.29 is 23.4 Å². The van der Waals surface area contributed by atoms with Crippen LogP contribution in [0.25, 0.3) is 0 Å². The van der Waals surface area contributed by atoms with Crippen LogP contribution in [0.4, 0.5) is 0 Å². The number of carboxylic acid groups (broad SMARTS) is 1. The lowest BCUT2D eigenvalue weighted by Crippen LogP contribution is -2.25. The Hall–Kier alpha value is -1.25. The normalized spacial score (nSPS) is 11.4. The van der Waals surface area contributed by atoms with Crippen molar-refractivity contribution in [3.63, 3.8) is 0 Å². The van der Waals surface area contributed by atoms with Gasteiger partial charge in [-0.3, -0.25) is 0 Å². The second-order valence-electron chi connectivity index (χ2n) is 3.11. The van der Waals surface area contributed by atoms with Gasteiger partial charge in [0.25, 0.3) is 0 Å². The van der Waals surface area contributed by atoms with E-state index in [9.17, 15) is 18.3 Å². The SMILES string of the molecule is O=C(O)c1cc(S(=O)(=O)NCCS)ccc1O. The summed E-state index contributed by atoms with van der Waals surface area (Å²) >= 11 is 3.85. The molecule has 0 aliphatic rings. The van der Waals surface area contributed by atoms with Crippen molar-refractivity contribution in [2.24, 2.45) is 0 Å². The van der Waals surface area contributed by atoms with Crippen molar-refractivity contribution in [1.29, 1.82) is 0 Å². The number of sulfonamides is 1. The maximum Gasteiger partial charge on any atom is 0.339 e. The molecule has 0 saturated heterocycles. The fraction of sp³-hybridized carbons (Fsp3) is 0.222. The molecule has 6 nitrogen and oxygen atoms in total. The lowest BCUT2D eigenvalue weighted by molar-refractivity contribution is 0.0693. The Labute approximate surface area is 104 Å². The average Bonchev–Trinajstić information content (AvgIpc) is 2.26. The third kappa shape index (κ3) is 3.35. The summed E-state index contributed by atoms with van der Waals surface area (Å²) in [4.78, 5) is 10.5. The predicted octanol–water partition coefficient (Wildman–Crippen LogP) is 0.298. The summed E-state index contributed by atoms with van der Waals surface area (Å²) in [5, 5.41) is 18.0. The van der Waals surface area contributed by atoms with E-state index in [0.717, 1.165) is 18.2 Å².